The van der Waals surface area contributed by atoms with Gasteiger partial charge in [-0.05, 0) is 61.4 Å². The molecule has 1 atom stereocenters. The highest BCUT2D eigenvalue weighted by molar-refractivity contribution is 9.10. The number of nitrogens with zero attached hydrogens (tertiary/aromatic N) is 3. The second kappa shape index (κ2) is 11.9. The van der Waals surface area contributed by atoms with Gasteiger partial charge >= 0.3 is 17.6 Å². The van der Waals surface area contributed by atoms with Gasteiger partial charge in [0.25, 0.3) is 5.69 Å². The number of hydrogen-bond donors (Lipinski definition) is 1. The Morgan fingerprint density at radius 2 is 1.74 bits per heavy atom. The molecule has 0 bridgehead atoms. The van der Waals surface area contributed by atoms with E-state index in [9.17, 15) is 29.8 Å². The maximum Gasteiger partial charge on any atom is 0.323 e. The standard InChI is InChI=1S/C25H25BrN4O8/c1-15(16-4-6-18(26)7-5-16)20-14-25(23(31)37-2,24(32)38-3)13-17(20)10-11-27-28-21-9-8-19(29(33)34)12-22(21)30(35)36/h4-9,11-12,17,28H,10,13-14H2,1-3H3/b20-15-,27-11+/t17-/m1/s1. The highest BCUT2D eigenvalue weighted by Crippen LogP contribution is 2.50. The van der Waals surface area contributed by atoms with Crippen LogP contribution in [0.3, 0.4) is 0 Å². The van der Waals surface area contributed by atoms with E-state index < -0.39 is 38.6 Å². The van der Waals surface area contributed by atoms with Gasteiger partial charge in [-0.1, -0.05) is 33.6 Å². The molecule has 1 N–H and O–H groups in total. The average molecular weight is 589 g/mol. The van der Waals surface area contributed by atoms with E-state index >= 15 is 0 Å². The van der Waals surface area contributed by atoms with E-state index in [-0.39, 0.29) is 30.9 Å². The molecule has 1 aliphatic rings. The number of methoxy groups -OCH3 is 2. The van der Waals surface area contributed by atoms with E-state index in [4.69, 9.17) is 9.47 Å². The molecular weight excluding hydrogens is 564 g/mol. The number of non-ortho nitro benzene ring substituents is 1. The molecule has 0 saturated heterocycles. The minimum absolute atomic E-state index is 0.0245. The van der Waals surface area contributed by atoms with E-state index in [2.05, 4.69) is 26.5 Å². The second-order valence-electron chi connectivity index (χ2n) is 8.68. The molecule has 0 amide bonds. The van der Waals surface area contributed by atoms with Gasteiger partial charge < -0.3 is 9.47 Å². The summed E-state index contributed by atoms with van der Waals surface area (Å²) in [6, 6.07) is 10.8. The van der Waals surface area contributed by atoms with Crippen LogP contribution in [0.4, 0.5) is 17.1 Å². The number of hydrogen-bond acceptors (Lipinski definition) is 10. The third kappa shape index (κ3) is 5.88. The molecule has 0 aliphatic heterocycles. The first-order chi connectivity index (χ1) is 18.0. The molecule has 1 saturated carbocycles. The van der Waals surface area contributed by atoms with Gasteiger partial charge in [0.2, 0.25) is 0 Å². The number of nitrogens with one attached hydrogen (secondary N) is 1. The van der Waals surface area contributed by atoms with E-state index in [1.54, 1.807) is 0 Å². The number of allylic oxidation sites excluding steroid dienone is 2. The number of carbonyl (C=O) groups excluding carboxylic acids is 2. The topological polar surface area (TPSA) is 163 Å². The third-order valence-corrected chi connectivity index (χ3v) is 7.07. The van der Waals surface area contributed by atoms with Crippen molar-refractivity contribution in [3.63, 3.8) is 0 Å². The average Bonchev–Trinajstić information content (AvgIpc) is 3.30. The van der Waals surface area contributed by atoms with E-state index in [0.717, 1.165) is 33.3 Å². The first-order valence-electron chi connectivity index (χ1n) is 11.4. The molecule has 1 fully saturated rings. The number of nitro benzene ring substituents is 2. The summed E-state index contributed by atoms with van der Waals surface area (Å²) in [5.74, 6) is -1.68. The first-order valence-corrected chi connectivity index (χ1v) is 12.2. The zero-order valence-corrected chi connectivity index (χ0v) is 22.4. The van der Waals surface area contributed by atoms with Crippen LogP contribution in [0, 0.1) is 31.6 Å². The Labute approximate surface area is 226 Å². The Kier molecular flexibility index (Phi) is 8.94. The van der Waals surface area contributed by atoms with Gasteiger partial charge in [0.05, 0.1) is 30.1 Å². The van der Waals surface area contributed by atoms with Crippen LogP contribution in [-0.4, -0.2) is 42.2 Å². The number of carbonyl (C=O) groups is 2. The van der Waals surface area contributed by atoms with Crippen molar-refractivity contribution in [2.24, 2.45) is 16.4 Å². The van der Waals surface area contributed by atoms with Gasteiger partial charge in [0, 0.05) is 16.8 Å². The molecule has 0 heterocycles. The maximum atomic E-state index is 12.8. The van der Waals surface area contributed by atoms with Crippen molar-refractivity contribution in [2.45, 2.75) is 26.2 Å². The van der Waals surface area contributed by atoms with Crippen LogP contribution >= 0.6 is 15.9 Å². The SMILES string of the molecule is COC(=O)C1(C(=O)OC)C/C(=C(\C)c2ccc(Br)cc2)[C@H](C/C=N/Nc2ccc([N+](=O)[O-])cc2[N+](=O)[O-])C1. The van der Waals surface area contributed by atoms with E-state index in [1.165, 1.54) is 26.5 Å². The zero-order valence-electron chi connectivity index (χ0n) is 20.8. The van der Waals surface area contributed by atoms with Crippen molar-refractivity contribution in [3.05, 3.63) is 78.3 Å². The monoisotopic (exact) mass is 588 g/mol. The fourth-order valence-corrected chi connectivity index (χ4v) is 4.86. The fourth-order valence-electron chi connectivity index (χ4n) is 4.59. The zero-order chi connectivity index (χ0) is 28.0. The molecule has 12 nitrogen and oxygen atoms in total. The Hall–Kier alpha value is -4.13. The Bertz CT molecular complexity index is 1310. The summed E-state index contributed by atoms with van der Waals surface area (Å²) in [4.78, 5) is 46.5. The Morgan fingerprint density at radius 1 is 1.11 bits per heavy atom. The van der Waals surface area contributed by atoms with Gasteiger partial charge in [0.15, 0.2) is 5.41 Å². The predicted molar refractivity (Wildman–Crippen MR) is 142 cm³/mol. The smallest absolute Gasteiger partial charge is 0.323 e. The van der Waals surface area contributed by atoms with Crippen molar-refractivity contribution >= 4 is 56.7 Å². The number of benzene rings is 2. The molecule has 38 heavy (non-hydrogen) atoms. The van der Waals surface area contributed by atoms with Crippen LogP contribution < -0.4 is 5.43 Å². The Morgan fingerprint density at radius 3 is 2.29 bits per heavy atom. The second-order valence-corrected chi connectivity index (χ2v) is 9.59. The number of nitro groups is 2. The lowest BCUT2D eigenvalue weighted by Crippen LogP contribution is -2.39. The van der Waals surface area contributed by atoms with E-state index in [1.807, 2.05) is 31.2 Å². The van der Waals surface area contributed by atoms with Crippen molar-refractivity contribution in [1.29, 1.82) is 0 Å². The van der Waals surface area contributed by atoms with Gasteiger partial charge in [0.1, 0.15) is 5.69 Å². The maximum absolute atomic E-state index is 12.8. The van der Waals surface area contributed by atoms with Crippen LogP contribution in [0.1, 0.15) is 31.7 Å². The number of hydrazone groups is 1. The van der Waals surface area contributed by atoms with Crippen molar-refractivity contribution in [2.75, 3.05) is 19.6 Å². The number of ether oxygens (including phenoxy) is 2. The molecule has 0 radical (unpaired) electrons. The molecule has 0 spiro atoms. The van der Waals surface area contributed by atoms with E-state index in [0.29, 0.717) is 0 Å². The van der Waals surface area contributed by atoms with Crippen LogP contribution in [-0.2, 0) is 19.1 Å². The number of halogens is 1. The quantitative estimate of drug-likeness (QED) is 0.135. The summed E-state index contributed by atoms with van der Waals surface area (Å²) in [5, 5.41) is 26.4. The van der Waals surface area contributed by atoms with Crippen LogP contribution in [0.15, 0.2) is 57.6 Å². The summed E-state index contributed by atoms with van der Waals surface area (Å²) in [6.07, 6.45) is 2.00. The molecule has 13 heteroatoms. The minimum atomic E-state index is -1.52. The molecule has 3 rings (SSSR count). The summed E-state index contributed by atoms with van der Waals surface area (Å²) >= 11 is 3.41. The predicted octanol–water partition coefficient (Wildman–Crippen LogP) is 5.27. The minimum Gasteiger partial charge on any atom is -0.468 e. The van der Waals surface area contributed by atoms with Crippen LogP contribution in [0.5, 0.6) is 0 Å². The van der Waals surface area contributed by atoms with Crippen molar-refractivity contribution < 1.29 is 28.9 Å². The molecule has 0 unspecified atom stereocenters. The lowest BCUT2D eigenvalue weighted by molar-refractivity contribution is -0.393. The lowest BCUT2D eigenvalue weighted by atomic mass is 9.84. The fraction of sp³-hybridized carbons (Fsp3) is 0.320. The lowest BCUT2D eigenvalue weighted by Gasteiger charge is -2.22. The number of anilines is 1. The molecule has 2 aromatic carbocycles. The summed E-state index contributed by atoms with van der Waals surface area (Å²) < 4.78 is 10.9. The van der Waals surface area contributed by atoms with Gasteiger partial charge in [-0.15, -0.1) is 0 Å². The molecule has 0 aromatic heterocycles. The third-order valence-electron chi connectivity index (χ3n) is 6.55. The highest BCUT2D eigenvalue weighted by Gasteiger charge is 2.55. The van der Waals surface area contributed by atoms with Crippen LogP contribution in [0.25, 0.3) is 5.57 Å². The number of rotatable bonds is 9. The number of esters is 2. The summed E-state index contributed by atoms with van der Waals surface area (Å²) in [5.41, 5.74) is 2.76. The summed E-state index contributed by atoms with van der Waals surface area (Å²) in [7, 11) is 2.43. The van der Waals surface area contributed by atoms with Gasteiger partial charge in [-0.3, -0.25) is 35.2 Å². The summed E-state index contributed by atoms with van der Waals surface area (Å²) in [6.45, 7) is 1.91. The van der Waals surface area contributed by atoms with Crippen LogP contribution in [0.2, 0.25) is 0 Å². The molecule has 2 aromatic rings. The van der Waals surface area contributed by atoms with Crippen molar-refractivity contribution in [1.82, 2.24) is 0 Å². The highest BCUT2D eigenvalue weighted by atomic mass is 79.9. The van der Waals surface area contributed by atoms with Gasteiger partial charge in [-0.2, -0.15) is 5.10 Å². The largest absolute Gasteiger partial charge is 0.468 e. The Balaban J connectivity index is 1.93. The first kappa shape index (κ1) is 28.4. The molecule has 200 valence electrons. The molecular formula is C25H25BrN4O8. The van der Waals surface area contributed by atoms with Gasteiger partial charge in [-0.25, -0.2) is 0 Å². The molecule has 1 aliphatic carbocycles. The normalized spacial score (nSPS) is 17.6. The van der Waals surface area contributed by atoms with Crippen molar-refractivity contribution in [3.8, 4) is 0 Å².